The van der Waals surface area contributed by atoms with Crippen molar-refractivity contribution in [2.24, 2.45) is 0 Å². The highest BCUT2D eigenvalue weighted by Gasteiger charge is 2.25. The third kappa shape index (κ3) is 5.73. The highest BCUT2D eigenvalue weighted by atomic mass is 32.2. The lowest BCUT2D eigenvalue weighted by Gasteiger charge is -2.34. The Balaban J connectivity index is 1.27. The van der Waals surface area contributed by atoms with Crippen LogP contribution in [0.5, 0.6) is 0 Å². The van der Waals surface area contributed by atoms with E-state index in [1.807, 2.05) is 70.5 Å². The maximum atomic E-state index is 12.9. The summed E-state index contributed by atoms with van der Waals surface area (Å²) in [6.45, 7) is 2.22. The van der Waals surface area contributed by atoms with E-state index < -0.39 is 0 Å². The van der Waals surface area contributed by atoms with E-state index in [0.29, 0.717) is 38.2 Å². The molecule has 0 radical (unpaired) electrons. The van der Waals surface area contributed by atoms with Crippen molar-refractivity contribution in [1.29, 1.82) is 0 Å². The number of piperazine rings is 1. The Labute approximate surface area is 187 Å². The quantitative estimate of drug-likeness (QED) is 0.556. The lowest BCUT2D eigenvalue weighted by molar-refractivity contribution is -0.132. The predicted octanol–water partition coefficient (Wildman–Crippen LogP) is 3.90. The molecule has 0 spiro atoms. The van der Waals surface area contributed by atoms with Gasteiger partial charge in [-0.15, -0.1) is 11.8 Å². The highest BCUT2D eigenvalue weighted by Crippen LogP contribution is 2.23. The van der Waals surface area contributed by atoms with E-state index in [9.17, 15) is 9.59 Å². The summed E-state index contributed by atoms with van der Waals surface area (Å²) in [5.74, 6) is 0.991. The van der Waals surface area contributed by atoms with Crippen LogP contribution in [0.25, 0.3) is 0 Å². The standard InChI is InChI=1S/C25H25N3O2S/c29-24(18-22-8-4-5-13-26-22)27-14-16-28(17-15-27)25(30)21-9-11-23(12-10-21)31-19-20-6-2-1-3-7-20/h1-13H,14-19H2. The van der Waals surface area contributed by atoms with Crippen LogP contribution in [0.4, 0.5) is 0 Å². The smallest absolute Gasteiger partial charge is 0.253 e. The second-order valence-electron chi connectivity index (χ2n) is 7.47. The van der Waals surface area contributed by atoms with Crippen molar-refractivity contribution in [1.82, 2.24) is 14.8 Å². The molecule has 1 fully saturated rings. The fraction of sp³-hybridized carbons (Fsp3) is 0.240. The van der Waals surface area contributed by atoms with Gasteiger partial charge >= 0.3 is 0 Å². The zero-order valence-corrected chi connectivity index (χ0v) is 18.1. The Morgan fingerprint density at radius 3 is 2.16 bits per heavy atom. The molecule has 0 aliphatic carbocycles. The minimum atomic E-state index is 0.0245. The number of pyridine rings is 1. The molecule has 1 saturated heterocycles. The van der Waals surface area contributed by atoms with Crippen molar-refractivity contribution < 1.29 is 9.59 Å². The van der Waals surface area contributed by atoms with Crippen molar-refractivity contribution in [3.05, 3.63) is 95.8 Å². The molecule has 1 aromatic heterocycles. The molecule has 0 saturated carbocycles. The monoisotopic (exact) mass is 431 g/mol. The van der Waals surface area contributed by atoms with Gasteiger partial charge < -0.3 is 9.80 Å². The van der Waals surface area contributed by atoms with E-state index in [2.05, 4.69) is 17.1 Å². The van der Waals surface area contributed by atoms with Gasteiger partial charge in [-0.25, -0.2) is 0 Å². The van der Waals surface area contributed by atoms with Crippen LogP contribution in [0.2, 0.25) is 0 Å². The van der Waals surface area contributed by atoms with Gasteiger partial charge in [0.05, 0.1) is 6.42 Å². The third-order valence-corrected chi connectivity index (χ3v) is 6.41. The van der Waals surface area contributed by atoms with Crippen molar-refractivity contribution in [2.45, 2.75) is 17.1 Å². The number of aromatic nitrogens is 1. The zero-order valence-electron chi connectivity index (χ0n) is 17.3. The molecule has 5 nitrogen and oxygen atoms in total. The number of hydrogen-bond donors (Lipinski definition) is 0. The summed E-state index contributed by atoms with van der Waals surface area (Å²) in [5, 5.41) is 0. The molecule has 2 amide bonds. The van der Waals surface area contributed by atoms with Crippen LogP contribution < -0.4 is 0 Å². The van der Waals surface area contributed by atoms with E-state index in [0.717, 1.165) is 16.3 Å². The Hall–Kier alpha value is -3.12. The SMILES string of the molecule is O=C(Cc1ccccn1)N1CCN(C(=O)c2ccc(SCc3ccccc3)cc2)CC1. The molecular weight excluding hydrogens is 406 g/mol. The third-order valence-electron chi connectivity index (χ3n) is 5.33. The van der Waals surface area contributed by atoms with Crippen molar-refractivity contribution in [2.75, 3.05) is 26.2 Å². The maximum Gasteiger partial charge on any atom is 0.253 e. The number of rotatable bonds is 6. The molecule has 158 valence electrons. The molecule has 2 aromatic carbocycles. The molecule has 1 aliphatic heterocycles. The first-order chi connectivity index (χ1) is 15.2. The number of thioether (sulfide) groups is 1. The van der Waals surface area contributed by atoms with Gasteiger partial charge in [0.15, 0.2) is 0 Å². The number of hydrogen-bond acceptors (Lipinski definition) is 4. The summed E-state index contributed by atoms with van der Waals surface area (Å²) < 4.78 is 0. The first kappa shape index (κ1) is 21.1. The minimum absolute atomic E-state index is 0.0245. The molecule has 2 heterocycles. The highest BCUT2D eigenvalue weighted by molar-refractivity contribution is 7.98. The van der Waals surface area contributed by atoms with Gasteiger partial charge in [-0.1, -0.05) is 36.4 Å². The van der Waals surface area contributed by atoms with Crippen LogP contribution in [0.15, 0.2) is 83.9 Å². The molecule has 31 heavy (non-hydrogen) atoms. The van der Waals surface area contributed by atoms with E-state index in [1.165, 1.54) is 5.56 Å². The molecule has 6 heteroatoms. The molecule has 1 aliphatic rings. The second kappa shape index (κ2) is 10.3. The Morgan fingerprint density at radius 2 is 1.48 bits per heavy atom. The van der Waals surface area contributed by atoms with E-state index in [1.54, 1.807) is 18.0 Å². The molecule has 0 unspecified atom stereocenters. The van der Waals surface area contributed by atoms with Crippen LogP contribution in [-0.4, -0.2) is 52.8 Å². The van der Waals surface area contributed by atoms with Gasteiger partial charge in [-0.2, -0.15) is 0 Å². The molecule has 0 atom stereocenters. The Kier molecular flexibility index (Phi) is 6.99. The fourth-order valence-electron chi connectivity index (χ4n) is 3.55. The average molecular weight is 432 g/mol. The summed E-state index contributed by atoms with van der Waals surface area (Å²) in [4.78, 5) is 34.4. The zero-order chi connectivity index (χ0) is 21.5. The average Bonchev–Trinajstić information content (AvgIpc) is 2.84. The summed E-state index contributed by atoms with van der Waals surface area (Å²) in [7, 11) is 0. The molecule has 0 N–H and O–H groups in total. The van der Waals surface area contributed by atoms with Crippen LogP contribution in [0.3, 0.4) is 0 Å². The topological polar surface area (TPSA) is 53.5 Å². The minimum Gasteiger partial charge on any atom is -0.339 e. The molecule has 4 rings (SSSR count). The molecular formula is C25H25N3O2S. The van der Waals surface area contributed by atoms with Gasteiger partial charge in [0.25, 0.3) is 5.91 Å². The number of amides is 2. The fourth-order valence-corrected chi connectivity index (χ4v) is 4.40. The lowest BCUT2D eigenvalue weighted by atomic mass is 10.1. The van der Waals surface area contributed by atoms with E-state index in [4.69, 9.17) is 0 Å². The number of carbonyl (C=O) groups is 2. The Bertz CT molecular complexity index is 1000. The summed E-state index contributed by atoms with van der Waals surface area (Å²) in [6, 6.07) is 23.7. The first-order valence-electron chi connectivity index (χ1n) is 10.4. The van der Waals surface area contributed by atoms with E-state index >= 15 is 0 Å². The van der Waals surface area contributed by atoms with Crippen LogP contribution in [0.1, 0.15) is 21.6 Å². The van der Waals surface area contributed by atoms with Gasteiger partial charge in [-0.05, 0) is 42.0 Å². The van der Waals surface area contributed by atoms with Crippen molar-refractivity contribution in [3.63, 3.8) is 0 Å². The maximum absolute atomic E-state index is 12.9. The van der Waals surface area contributed by atoms with Crippen LogP contribution in [-0.2, 0) is 17.0 Å². The summed E-state index contributed by atoms with van der Waals surface area (Å²) >= 11 is 1.76. The predicted molar refractivity (Wildman–Crippen MR) is 123 cm³/mol. The lowest BCUT2D eigenvalue weighted by Crippen LogP contribution is -2.51. The van der Waals surface area contributed by atoms with Crippen LogP contribution >= 0.6 is 11.8 Å². The number of nitrogens with zero attached hydrogens (tertiary/aromatic N) is 3. The summed E-state index contributed by atoms with van der Waals surface area (Å²) in [6.07, 6.45) is 2.00. The Morgan fingerprint density at radius 1 is 0.806 bits per heavy atom. The van der Waals surface area contributed by atoms with Crippen molar-refractivity contribution >= 4 is 23.6 Å². The largest absolute Gasteiger partial charge is 0.339 e. The van der Waals surface area contributed by atoms with Crippen LogP contribution in [0, 0.1) is 0 Å². The first-order valence-corrected chi connectivity index (χ1v) is 11.4. The van der Waals surface area contributed by atoms with Crippen molar-refractivity contribution in [3.8, 4) is 0 Å². The molecule has 0 bridgehead atoms. The van der Waals surface area contributed by atoms with Gasteiger partial charge in [-0.3, -0.25) is 14.6 Å². The van der Waals surface area contributed by atoms with Gasteiger partial charge in [0.1, 0.15) is 0 Å². The van der Waals surface area contributed by atoms with Gasteiger partial charge in [0, 0.05) is 54.3 Å². The van der Waals surface area contributed by atoms with Gasteiger partial charge in [0.2, 0.25) is 5.91 Å². The summed E-state index contributed by atoms with van der Waals surface area (Å²) in [5.41, 5.74) is 2.75. The molecule has 3 aromatic rings. The number of carbonyl (C=O) groups excluding carboxylic acids is 2. The van der Waals surface area contributed by atoms with E-state index in [-0.39, 0.29) is 11.8 Å². The second-order valence-corrected chi connectivity index (χ2v) is 8.52. The normalized spacial score (nSPS) is 13.8. The number of benzene rings is 2.